The zero-order chi connectivity index (χ0) is 13.9. The molecule has 0 radical (unpaired) electrons. The van der Waals surface area contributed by atoms with Gasteiger partial charge in [0.15, 0.2) is 0 Å². The molecule has 1 aromatic carbocycles. The predicted octanol–water partition coefficient (Wildman–Crippen LogP) is 1.35. The summed E-state index contributed by atoms with van der Waals surface area (Å²) >= 11 is 3.16. The third-order valence-electron chi connectivity index (χ3n) is 2.22. The standard InChI is InChI=1S/C10H14BrN3O3S/c1-3-13-10(15)14-18(16,17)9-5-7(11)4-8(12)6(9)2/h4-5H,3,12H2,1-2H3,(H2,13,14,15). The molecule has 0 atom stereocenters. The molecule has 0 bridgehead atoms. The van der Waals surface area contributed by atoms with Gasteiger partial charge in [0.2, 0.25) is 0 Å². The predicted molar refractivity (Wildman–Crippen MR) is 72.7 cm³/mol. The van der Waals surface area contributed by atoms with Crippen molar-refractivity contribution < 1.29 is 13.2 Å². The van der Waals surface area contributed by atoms with Gasteiger partial charge in [0.25, 0.3) is 10.0 Å². The van der Waals surface area contributed by atoms with Gasteiger partial charge in [-0.15, -0.1) is 0 Å². The topological polar surface area (TPSA) is 101 Å². The van der Waals surface area contributed by atoms with Crippen LogP contribution in [0.3, 0.4) is 0 Å². The van der Waals surface area contributed by atoms with E-state index in [-0.39, 0.29) is 4.90 Å². The number of anilines is 1. The van der Waals surface area contributed by atoms with E-state index in [4.69, 9.17) is 5.73 Å². The third kappa shape index (κ3) is 3.36. The Morgan fingerprint density at radius 2 is 2.06 bits per heavy atom. The van der Waals surface area contributed by atoms with Crippen molar-refractivity contribution in [2.75, 3.05) is 12.3 Å². The zero-order valence-corrected chi connectivity index (χ0v) is 12.4. The number of hydrogen-bond donors (Lipinski definition) is 3. The van der Waals surface area contributed by atoms with Gasteiger partial charge < -0.3 is 11.1 Å². The van der Waals surface area contributed by atoms with Crippen molar-refractivity contribution in [1.82, 2.24) is 10.0 Å². The molecule has 6 nitrogen and oxygen atoms in total. The molecule has 8 heteroatoms. The molecule has 0 aliphatic heterocycles. The van der Waals surface area contributed by atoms with Gasteiger partial charge in [0.05, 0.1) is 4.90 Å². The minimum absolute atomic E-state index is 0.0272. The molecule has 0 aromatic heterocycles. The highest BCUT2D eigenvalue weighted by molar-refractivity contribution is 9.10. The highest BCUT2D eigenvalue weighted by Crippen LogP contribution is 2.26. The van der Waals surface area contributed by atoms with Gasteiger partial charge in [-0.2, -0.15) is 0 Å². The van der Waals surface area contributed by atoms with E-state index >= 15 is 0 Å². The molecule has 0 aliphatic carbocycles. The maximum absolute atomic E-state index is 12.0. The second-order valence-electron chi connectivity index (χ2n) is 3.58. The smallest absolute Gasteiger partial charge is 0.328 e. The molecular weight excluding hydrogens is 322 g/mol. The van der Waals surface area contributed by atoms with Gasteiger partial charge in [-0.3, -0.25) is 0 Å². The van der Waals surface area contributed by atoms with Crippen LogP contribution < -0.4 is 15.8 Å². The molecule has 0 spiro atoms. The molecule has 2 amide bonds. The summed E-state index contributed by atoms with van der Waals surface area (Å²) in [6, 6.07) is 2.23. The molecule has 18 heavy (non-hydrogen) atoms. The minimum Gasteiger partial charge on any atom is -0.398 e. The highest BCUT2D eigenvalue weighted by Gasteiger charge is 2.21. The van der Waals surface area contributed by atoms with Gasteiger partial charge in [-0.1, -0.05) is 15.9 Å². The summed E-state index contributed by atoms with van der Waals surface area (Å²) in [5.74, 6) is 0. The van der Waals surface area contributed by atoms with E-state index in [1.165, 1.54) is 6.07 Å². The molecular formula is C10H14BrN3O3S. The lowest BCUT2D eigenvalue weighted by atomic mass is 10.2. The summed E-state index contributed by atoms with van der Waals surface area (Å²) in [5, 5.41) is 2.35. The van der Waals surface area contributed by atoms with Crippen LogP contribution >= 0.6 is 15.9 Å². The van der Waals surface area contributed by atoms with Crippen molar-refractivity contribution in [2.24, 2.45) is 0 Å². The minimum atomic E-state index is -3.93. The first-order valence-electron chi connectivity index (χ1n) is 5.14. The summed E-state index contributed by atoms with van der Waals surface area (Å²) in [5.41, 5.74) is 6.42. The van der Waals surface area contributed by atoms with Crippen molar-refractivity contribution in [3.63, 3.8) is 0 Å². The van der Waals surface area contributed by atoms with E-state index in [0.29, 0.717) is 22.3 Å². The van der Waals surface area contributed by atoms with Crippen LogP contribution in [0, 0.1) is 6.92 Å². The Hall–Kier alpha value is -1.28. The zero-order valence-electron chi connectivity index (χ0n) is 9.95. The first kappa shape index (κ1) is 14.8. The van der Waals surface area contributed by atoms with Crippen LogP contribution in [-0.2, 0) is 10.0 Å². The molecule has 1 aromatic rings. The Bertz CT molecular complexity index is 572. The number of amides is 2. The van der Waals surface area contributed by atoms with Gasteiger partial charge in [-0.05, 0) is 31.5 Å². The maximum atomic E-state index is 12.0. The van der Waals surface area contributed by atoms with Crippen LogP contribution in [0.4, 0.5) is 10.5 Å². The third-order valence-corrected chi connectivity index (χ3v) is 4.13. The van der Waals surface area contributed by atoms with Crippen LogP contribution in [-0.4, -0.2) is 21.0 Å². The normalized spacial score (nSPS) is 11.1. The lowest BCUT2D eigenvalue weighted by Crippen LogP contribution is -2.39. The number of halogens is 1. The number of hydrogen-bond acceptors (Lipinski definition) is 4. The van der Waals surface area contributed by atoms with Crippen LogP contribution in [0.25, 0.3) is 0 Å². The first-order chi connectivity index (χ1) is 8.27. The molecule has 0 fully saturated rings. The number of carbonyl (C=O) groups is 1. The molecule has 1 rings (SSSR count). The van der Waals surface area contributed by atoms with Crippen molar-refractivity contribution in [2.45, 2.75) is 18.7 Å². The second-order valence-corrected chi connectivity index (χ2v) is 6.15. The first-order valence-corrected chi connectivity index (χ1v) is 7.41. The molecule has 0 aliphatic rings. The van der Waals surface area contributed by atoms with Gasteiger partial charge >= 0.3 is 6.03 Å². The van der Waals surface area contributed by atoms with E-state index in [2.05, 4.69) is 21.2 Å². The summed E-state index contributed by atoms with van der Waals surface area (Å²) in [6.45, 7) is 3.60. The maximum Gasteiger partial charge on any atom is 0.328 e. The van der Waals surface area contributed by atoms with Crippen molar-refractivity contribution in [3.05, 3.63) is 22.2 Å². The van der Waals surface area contributed by atoms with Crippen LogP contribution in [0.2, 0.25) is 0 Å². The molecule has 0 heterocycles. The number of rotatable bonds is 3. The van der Waals surface area contributed by atoms with Crippen LogP contribution in [0.1, 0.15) is 12.5 Å². The SMILES string of the molecule is CCNC(=O)NS(=O)(=O)c1cc(Br)cc(N)c1C. The fraction of sp³-hybridized carbons (Fsp3) is 0.300. The van der Waals surface area contributed by atoms with Crippen molar-refractivity contribution in [1.29, 1.82) is 0 Å². The molecule has 0 saturated carbocycles. The number of nitrogens with one attached hydrogen (secondary N) is 2. The Morgan fingerprint density at radius 3 is 2.61 bits per heavy atom. The molecule has 4 N–H and O–H groups in total. The van der Waals surface area contributed by atoms with Crippen LogP contribution in [0.15, 0.2) is 21.5 Å². The van der Waals surface area contributed by atoms with Gasteiger partial charge in [0.1, 0.15) is 0 Å². The summed E-state index contributed by atoms with van der Waals surface area (Å²) in [4.78, 5) is 11.2. The Balaban J connectivity index is 3.17. The van der Waals surface area contributed by atoms with Crippen molar-refractivity contribution in [3.8, 4) is 0 Å². The monoisotopic (exact) mass is 335 g/mol. The number of nitrogens with two attached hydrogens (primary N) is 1. The second kappa shape index (κ2) is 5.57. The number of carbonyl (C=O) groups excluding carboxylic acids is 1. The number of benzene rings is 1. The molecule has 0 unspecified atom stereocenters. The number of nitrogen functional groups attached to an aromatic ring is 1. The summed E-state index contributed by atoms with van der Waals surface area (Å²) < 4.78 is 26.4. The Labute approximate surface area is 114 Å². The van der Waals surface area contributed by atoms with E-state index in [1.807, 2.05) is 4.72 Å². The van der Waals surface area contributed by atoms with Gasteiger partial charge in [0, 0.05) is 16.7 Å². The quantitative estimate of drug-likeness (QED) is 0.725. The number of sulfonamides is 1. The Morgan fingerprint density at radius 1 is 1.44 bits per heavy atom. The lowest BCUT2D eigenvalue weighted by Gasteiger charge is -2.11. The lowest BCUT2D eigenvalue weighted by molar-refractivity contribution is 0.246. The van der Waals surface area contributed by atoms with E-state index in [1.54, 1.807) is 19.9 Å². The average Bonchev–Trinajstić information content (AvgIpc) is 2.22. The highest BCUT2D eigenvalue weighted by atomic mass is 79.9. The fourth-order valence-corrected chi connectivity index (χ4v) is 3.18. The van der Waals surface area contributed by atoms with Crippen LogP contribution in [0.5, 0.6) is 0 Å². The van der Waals surface area contributed by atoms with E-state index in [0.717, 1.165) is 0 Å². The largest absolute Gasteiger partial charge is 0.398 e. The molecule has 100 valence electrons. The van der Waals surface area contributed by atoms with E-state index < -0.39 is 16.1 Å². The van der Waals surface area contributed by atoms with Gasteiger partial charge in [-0.25, -0.2) is 17.9 Å². The Kier molecular flexibility index (Phi) is 4.58. The fourth-order valence-electron chi connectivity index (χ4n) is 1.33. The summed E-state index contributed by atoms with van der Waals surface area (Å²) in [6.07, 6.45) is 0. The molecule has 0 saturated heterocycles. The summed E-state index contributed by atoms with van der Waals surface area (Å²) in [7, 11) is -3.93. The van der Waals surface area contributed by atoms with Crippen molar-refractivity contribution >= 4 is 37.7 Å². The number of urea groups is 1. The van der Waals surface area contributed by atoms with E-state index in [9.17, 15) is 13.2 Å². The average molecular weight is 336 g/mol.